The van der Waals surface area contributed by atoms with Gasteiger partial charge in [-0.3, -0.25) is 9.59 Å². The number of benzene rings is 1. The van der Waals surface area contributed by atoms with Crippen LogP contribution in [-0.4, -0.2) is 30.6 Å². The SMILES string of the molecule is C[C@H](OC(=O)CCNC(N)=O)C(=O)Nc1ccc(Cl)cc1F. The maximum Gasteiger partial charge on any atom is 0.312 e. The molecule has 0 radical (unpaired) electrons. The van der Waals surface area contributed by atoms with Gasteiger partial charge >= 0.3 is 12.0 Å². The Bertz CT molecular complexity index is 582. The van der Waals surface area contributed by atoms with E-state index in [2.05, 4.69) is 10.6 Å². The summed E-state index contributed by atoms with van der Waals surface area (Å²) in [6, 6.07) is 2.98. The first-order valence-corrected chi connectivity index (χ1v) is 6.66. The van der Waals surface area contributed by atoms with Gasteiger partial charge in [-0.2, -0.15) is 0 Å². The van der Waals surface area contributed by atoms with Crippen molar-refractivity contribution in [3.8, 4) is 0 Å². The van der Waals surface area contributed by atoms with Crippen molar-refractivity contribution in [2.75, 3.05) is 11.9 Å². The van der Waals surface area contributed by atoms with Crippen molar-refractivity contribution >= 4 is 35.2 Å². The van der Waals surface area contributed by atoms with E-state index in [0.717, 1.165) is 6.07 Å². The van der Waals surface area contributed by atoms with Crippen LogP contribution in [0.2, 0.25) is 5.02 Å². The van der Waals surface area contributed by atoms with Crippen LogP contribution >= 0.6 is 11.6 Å². The highest BCUT2D eigenvalue weighted by Crippen LogP contribution is 2.19. The summed E-state index contributed by atoms with van der Waals surface area (Å²) >= 11 is 5.59. The standard InChI is InChI=1S/C13H15ClFN3O4/c1-7(22-11(19)4-5-17-13(16)21)12(20)18-10-3-2-8(14)6-9(10)15/h2-3,6-7H,4-5H2,1H3,(H,18,20)(H3,16,17,21)/t7-/m0/s1. The molecule has 1 aromatic carbocycles. The highest BCUT2D eigenvalue weighted by molar-refractivity contribution is 6.30. The minimum absolute atomic E-state index is 0.00564. The molecule has 0 bridgehead atoms. The lowest BCUT2D eigenvalue weighted by molar-refractivity contribution is -0.153. The van der Waals surface area contributed by atoms with Gasteiger partial charge in [-0.15, -0.1) is 0 Å². The Hall–Kier alpha value is -2.35. The molecule has 0 aliphatic heterocycles. The first-order valence-electron chi connectivity index (χ1n) is 6.28. The molecule has 120 valence electrons. The number of anilines is 1. The first kappa shape index (κ1) is 17.7. The zero-order valence-electron chi connectivity index (χ0n) is 11.7. The lowest BCUT2D eigenvalue weighted by Crippen LogP contribution is -2.33. The molecule has 0 aliphatic carbocycles. The first-order chi connectivity index (χ1) is 10.3. The number of esters is 1. The summed E-state index contributed by atoms with van der Waals surface area (Å²) in [5.74, 6) is -2.10. The monoisotopic (exact) mass is 331 g/mol. The molecule has 0 heterocycles. The number of hydrogen-bond acceptors (Lipinski definition) is 4. The number of rotatable bonds is 6. The van der Waals surface area contributed by atoms with Gasteiger partial charge in [0.05, 0.1) is 12.1 Å². The molecule has 1 aromatic rings. The lowest BCUT2D eigenvalue weighted by Gasteiger charge is -2.14. The second-order valence-corrected chi connectivity index (χ2v) is 4.72. The number of hydrogen-bond donors (Lipinski definition) is 3. The highest BCUT2D eigenvalue weighted by Gasteiger charge is 2.19. The second kappa shape index (κ2) is 8.18. The average Bonchev–Trinajstić information content (AvgIpc) is 2.41. The van der Waals surface area contributed by atoms with E-state index in [-0.39, 0.29) is 23.7 Å². The molecule has 1 atom stereocenters. The van der Waals surface area contributed by atoms with Crippen LogP contribution in [0.15, 0.2) is 18.2 Å². The van der Waals surface area contributed by atoms with Crippen molar-refractivity contribution in [1.29, 1.82) is 0 Å². The number of halogens is 2. The quantitative estimate of drug-likeness (QED) is 0.684. The van der Waals surface area contributed by atoms with Crippen molar-refractivity contribution < 1.29 is 23.5 Å². The van der Waals surface area contributed by atoms with Gasteiger partial charge in [-0.1, -0.05) is 11.6 Å². The number of carbonyl (C=O) groups is 3. The average molecular weight is 332 g/mol. The van der Waals surface area contributed by atoms with E-state index in [1.165, 1.54) is 19.1 Å². The van der Waals surface area contributed by atoms with E-state index in [4.69, 9.17) is 22.1 Å². The predicted molar refractivity (Wildman–Crippen MR) is 77.8 cm³/mol. The Balaban J connectivity index is 2.47. The Labute approximate surface area is 130 Å². The number of nitrogens with one attached hydrogen (secondary N) is 2. The summed E-state index contributed by atoms with van der Waals surface area (Å²) in [7, 11) is 0. The Morgan fingerprint density at radius 2 is 2.09 bits per heavy atom. The Kier molecular flexibility index (Phi) is 6.58. The molecule has 0 saturated heterocycles. The normalized spacial score (nSPS) is 11.4. The maximum absolute atomic E-state index is 13.5. The molecular weight excluding hydrogens is 317 g/mol. The molecule has 22 heavy (non-hydrogen) atoms. The molecule has 0 spiro atoms. The summed E-state index contributed by atoms with van der Waals surface area (Å²) in [4.78, 5) is 33.6. The Morgan fingerprint density at radius 1 is 1.41 bits per heavy atom. The number of nitrogens with two attached hydrogens (primary N) is 1. The van der Waals surface area contributed by atoms with Crippen LogP contribution < -0.4 is 16.4 Å². The fourth-order valence-electron chi connectivity index (χ4n) is 1.42. The van der Waals surface area contributed by atoms with E-state index in [9.17, 15) is 18.8 Å². The molecule has 0 aliphatic rings. The third-order valence-electron chi connectivity index (χ3n) is 2.49. The van der Waals surface area contributed by atoms with Gasteiger partial charge in [0, 0.05) is 11.6 Å². The fraction of sp³-hybridized carbons (Fsp3) is 0.308. The molecule has 0 unspecified atom stereocenters. The summed E-state index contributed by atoms with van der Waals surface area (Å²) in [5.41, 5.74) is 4.75. The number of carbonyl (C=O) groups excluding carboxylic acids is 3. The summed E-state index contributed by atoms with van der Waals surface area (Å²) in [6.07, 6.45) is -1.27. The van der Waals surface area contributed by atoms with Gasteiger partial charge in [-0.25, -0.2) is 9.18 Å². The second-order valence-electron chi connectivity index (χ2n) is 4.29. The van der Waals surface area contributed by atoms with Crippen LogP contribution in [0.1, 0.15) is 13.3 Å². The summed E-state index contributed by atoms with van der Waals surface area (Å²) in [6.45, 7) is 1.33. The minimum Gasteiger partial charge on any atom is -0.452 e. The van der Waals surface area contributed by atoms with Crippen LogP contribution in [0.25, 0.3) is 0 Å². The fourth-order valence-corrected chi connectivity index (χ4v) is 1.58. The van der Waals surface area contributed by atoms with Crippen LogP contribution in [0.4, 0.5) is 14.9 Å². The van der Waals surface area contributed by atoms with Crippen molar-refractivity contribution in [2.45, 2.75) is 19.4 Å². The smallest absolute Gasteiger partial charge is 0.312 e. The topological polar surface area (TPSA) is 111 Å². The van der Waals surface area contributed by atoms with E-state index in [0.29, 0.717) is 0 Å². The lowest BCUT2D eigenvalue weighted by atomic mass is 10.3. The number of ether oxygens (including phenoxy) is 1. The van der Waals surface area contributed by atoms with Gasteiger partial charge in [0.2, 0.25) is 0 Å². The van der Waals surface area contributed by atoms with Gasteiger partial charge in [0.15, 0.2) is 6.10 Å². The maximum atomic E-state index is 13.5. The Morgan fingerprint density at radius 3 is 2.68 bits per heavy atom. The van der Waals surface area contributed by atoms with Crippen LogP contribution in [0.3, 0.4) is 0 Å². The molecular formula is C13H15ClFN3O4. The van der Waals surface area contributed by atoms with Crippen LogP contribution in [-0.2, 0) is 14.3 Å². The van der Waals surface area contributed by atoms with Gasteiger partial charge in [0.1, 0.15) is 5.82 Å². The molecule has 9 heteroatoms. The minimum atomic E-state index is -1.13. The van der Waals surface area contributed by atoms with Gasteiger partial charge in [-0.05, 0) is 25.1 Å². The molecule has 0 fully saturated rings. The van der Waals surface area contributed by atoms with Gasteiger partial charge < -0.3 is 21.1 Å². The van der Waals surface area contributed by atoms with Crippen molar-refractivity contribution in [3.05, 3.63) is 29.0 Å². The van der Waals surface area contributed by atoms with Crippen molar-refractivity contribution in [2.24, 2.45) is 5.73 Å². The summed E-state index contributed by atoms with van der Waals surface area (Å²) < 4.78 is 18.4. The highest BCUT2D eigenvalue weighted by atomic mass is 35.5. The number of amides is 3. The molecule has 3 amide bonds. The van der Waals surface area contributed by atoms with Gasteiger partial charge in [0.25, 0.3) is 5.91 Å². The van der Waals surface area contributed by atoms with Crippen molar-refractivity contribution in [3.63, 3.8) is 0 Å². The molecule has 0 aromatic heterocycles. The molecule has 4 N–H and O–H groups in total. The zero-order valence-corrected chi connectivity index (χ0v) is 12.4. The molecule has 1 rings (SSSR count). The van der Waals surface area contributed by atoms with Crippen LogP contribution in [0, 0.1) is 5.82 Å². The van der Waals surface area contributed by atoms with Crippen molar-refractivity contribution in [1.82, 2.24) is 5.32 Å². The third kappa shape index (κ3) is 5.96. The van der Waals surface area contributed by atoms with E-state index in [1.54, 1.807) is 0 Å². The largest absolute Gasteiger partial charge is 0.452 e. The zero-order chi connectivity index (χ0) is 16.7. The van der Waals surface area contributed by atoms with E-state index in [1.807, 2.05) is 0 Å². The molecule has 7 nitrogen and oxygen atoms in total. The summed E-state index contributed by atoms with van der Waals surface area (Å²) in [5, 5.41) is 4.68. The third-order valence-corrected chi connectivity index (χ3v) is 2.73. The van der Waals surface area contributed by atoms with E-state index < -0.39 is 29.8 Å². The number of primary amides is 1. The number of urea groups is 1. The molecule has 0 saturated carbocycles. The van der Waals surface area contributed by atoms with E-state index >= 15 is 0 Å². The predicted octanol–water partition coefficient (Wildman–Crippen LogP) is 1.41. The van der Waals surface area contributed by atoms with Crippen LogP contribution in [0.5, 0.6) is 0 Å².